The number of H-pyrrole nitrogens is 1. The summed E-state index contributed by atoms with van der Waals surface area (Å²) < 4.78 is 0. The zero-order valence-electron chi connectivity index (χ0n) is 11.3. The van der Waals surface area contributed by atoms with E-state index in [1.165, 1.54) is 0 Å². The monoisotopic (exact) mass is 320 g/mol. The van der Waals surface area contributed by atoms with Crippen molar-refractivity contribution in [1.29, 1.82) is 0 Å². The fraction of sp³-hybridized carbons (Fsp3) is 0.667. The Kier molecular flexibility index (Phi) is 7.98. The van der Waals surface area contributed by atoms with Crippen LogP contribution in [0.4, 0.5) is 0 Å². The molecule has 1 aromatic rings. The van der Waals surface area contributed by atoms with Crippen LogP contribution >= 0.6 is 24.2 Å². The average molecular weight is 321 g/mol. The van der Waals surface area contributed by atoms with E-state index in [0.29, 0.717) is 18.8 Å². The standard InChI is InChI=1S/C12H20N4O2S.ClH/c17-5-1-6-19-7-4-14-12(18)11-9-8-13-3-2-10(9)15-16-11;/h13,17H,1-8H2,(H,14,18)(H,15,16);1H. The third kappa shape index (κ3) is 4.66. The minimum atomic E-state index is -0.107. The number of carbonyl (C=O) groups excluding carboxylic acids is 1. The molecule has 8 heteroatoms. The predicted molar refractivity (Wildman–Crippen MR) is 82.6 cm³/mol. The smallest absolute Gasteiger partial charge is 0.272 e. The number of nitrogens with zero attached hydrogens (tertiary/aromatic N) is 1. The van der Waals surface area contributed by atoms with Crippen molar-refractivity contribution in [3.8, 4) is 0 Å². The Labute approximate surface area is 128 Å². The van der Waals surface area contributed by atoms with E-state index in [1.807, 2.05) is 0 Å². The lowest BCUT2D eigenvalue weighted by molar-refractivity contribution is 0.0950. The Bertz CT molecular complexity index is 428. The SMILES string of the molecule is Cl.O=C(NCCSCCCO)c1n[nH]c2c1CNCC2. The number of aliphatic hydroxyl groups excluding tert-OH is 1. The molecule has 6 nitrogen and oxygen atoms in total. The number of aromatic nitrogens is 2. The molecule has 4 N–H and O–H groups in total. The lowest BCUT2D eigenvalue weighted by Crippen LogP contribution is -2.29. The molecule has 1 aliphatic heterocycles. The van der Waals surface area contributed by atoms with Gasteiger partial charge >= 0.3 is 0 Å². The first-order valence-electron chi connectivity index (χ1n) is 6.56. The molecule has 2 heterocycles. The number of halogens is 1. The van der Waals surface area contributed by atoms with Gasteiger partial charge in [0.05, 0.1) is 0 Å². The Balaban J connectivity index is 0.00000200. The molecule has 0 bridgehead atoms. The van der Waals surface area contributed by atoms with Gasteiger partial charge in [-0.2, -0.15) is 16.9 Å². The summed E-state index contributed by atoms with van der Waals surface area (Å²) in [4.78, 5) is 12.0. The van der Waals surface area contributed by atoms with Gasteiger partial charge in [-0.1, -0.05) is 0 Å². The highest BCUT2D eigenvalue weighted by Crippen LogP contribution is 2.14. The van der Waals surface area contributed by atoms with Crippen LogP contribution < -0.4 is 10.6 Å². The summed E-state index contributed by atoms with van der Waals surface area (Å²) in [5, 5.41) is 21.8. The fourth-order valence-corrected chi connectivity index (χ4v) is 2.79. The van der Waals surface area contributed by atoms with Crippen molar-refractivity contribution in [2.75, 3.05) is 31.2 Å². The van der Waals surface area contributed by atoms with Gasteiger partial charge in [0.15, 0.2) is 5.69 Å². The Morgan fingerprint density at radius 3 is 3.10 bits per heavy atom. The number of hydrogen-bond acceptors (Lipinski definition) is 5. The number of aliphatic hydroxyl groups is 1. The largest absolute Gasteiger partial charge is 0.396 e. The summed E-state index contributed by atoms with van der Waals surface area (Å²) in [7, 11) is 0. The van der Waals surface area contributed by atoms with E-state index < -0.39 is 0 Å². The third-order valence-corrected chi connectivity index (χ3v) is 4.07. The van der Waals surface area contributed by atoms with Crippen LogP contribution in [0, 0.1) is 0 Å². The van der Waals surface area contributed by atoms with Crippen molar-refractivity contribution >= 4 is 30.1 Å². The minimum Gasteiger partial charge on any atom is -0.396 e. The van der Waals surface area contributed by atoms with Crippen molar-refractivity contribution in [3.05, 3.63) is 17.0 Å². The molecule has 114 valence electrons. The van der Waals surface area contributed by atoms with Crippen LogP contribution in [0.3, 0.4) is 0 Å². The molecule has 0 saturated heterocycles. The van der Waals surface area contributed by atoms with Gasteiger partial charge in [0.25, 0.3) is 5.91 Å². The molecular formula is C12H21ClN4O2S. The van der Waals surface area contributed by atoms with E-state index in [0.717, 1.165) is 42.1 Å². The third-order valence-electron chi connectivity index (χ3n) is 3.00. The van der Waals surface area contributed by atoms with Gasteiger partial charge in [0, 0.05) is 49.7 Å². The highest BCUT2D eigenvalue weighted by molar-refractivity contribution is 7.99. The zero-order chi connectivity index (χ0) is 13.5. The van der Waals surface area contributed by atoms with Gasteiger partial charge in [0.2, 0.25) is 0 Å². The van der Waals surface area contributed by atoms with E-state index in [2.05, 4.69) is 20.8 Å². The number of rotatable bonds is 7. The summed E-state index contributed by atoms with van der Waals surface area (Å²) in [6, 6.07) is 0. The summed E-state index contributed by atoms with van der Waals surface area (Å²) in [5.41, 5.74) is 2.58. The van der Waals surface area contributed by atoms with Gasteiger partial charge < -0.3 is 15.7 Å². The van der Waals surface area contributed by atoms with Gasteiger partial charge in [-0.15, -0.1) is 12.4 Å². The second-order valence-electron chi connectivity index (χ2n) is 4.40. The summed E-state index contributed by atoms with van der Waals surface area (Å²) in [6.07, 6.45) is 1.70. The maximum atomic E-state index is 12.0. The van der Waals surface area contributed by atoms with Gasteiger partial charge in [-0.05, 0) is 12.2 Å². The Hall–Kier alpha value is -0.760. The van der Waals surface area contributed by atoms with E-state index in [1.54, 1.807) is 11.8 Å². The molecule has 0 aromatic carbocycles. The van der Waals surface area contributed by atoms with Crippen LogP contribution in [0.2, 0.25) is 0 Å². The number of carbonyl (C=O) groups is 1. The van der Waals surface area contributed by atoms with E-state index in [-0.39, 0.29) is 24.9 Å². The van der Waals surface area contributed by atoms with Crippen molar-refractivity contribution in [2.24, 2.45) is 0 Å². The molecule has 1 amide bonds. The summed E-state index contributed by atoms with van der Waals surface area (Å²) in [6.45, 7) is 2.49. The molecule has 0 spiro atoms. The number of fused-ring (bicyclic) bond motifs is 1. The first-order valence-corrected chi connectivity index (χ1v) is 7.72. The Morgan fingerprint density at radius 2 is 2.30 bits per heavy atom. The van der Waals surface area contributed by atoms with Crippen molar-refractivity contribution in [3.63, 3.8) is 0 Å². The molecule has 0 aliphatic carbocycles. The second kappa shape index (κ2) is 9.23. The van der Waals surface area contributed by atoms with Crippen LogP contribution in [-0.2, 0) is 13.0 Å². The summed E-state index contributed by atoms with van der Waals surface area (Å²) in [5.74, 6) is 1.67. The maximum absolute atomic E-state index is 12.0. The van der Waals surface area contributed by atoms with Crippen LogP contribution in [0.1, 0.15) is 28.2 Å². The molecule has 0 unspecified atom stereocenters. The van der Waals surface area contributed by atoms with Crippen molar-refractivity contribution in [2.45, 2.75) is 19.4 Å². The van der Waals surface area contributed by atoms with Gasteiger partial charge in [0.1, 0.15) is 0 Å². The second-order valence-corrected chi connectivity index (χ2v) is 5.63. The number of hydrogen-bond donors (Lipinski definition) is 4. The molecular weight excluding hydrogens is 300 g/mol. The molecule has 0 atom stereocenters. The fourth-order valence-electron chi connectivity index (χ4n) is 2.00. The maximum Gasteiger partial charge on any atom is 0.272 e. The topological polar surface area (TPSA) is 90.0 Å². The molecule has 0 saturated carbocycles. The molecule has 0 radical (unpaired) electrons. The molecule has 0 fully saturated rings. The zero-order valence-corrected chi connectivity index (χ0v) is 12.9. The van der Waals surface area contributed by atoms with Crippen LogP contribution in [0.25, 0.3) is 0 Å². The van der Waals surface area contributed by atoms with Gasteiger partial charge in [-0.25, -0.2) is 0 Å². The Morgan fingerprint density at radius 1 is 1.45 bits per heavy atom. The van der Waals surface area contributed by atoms with E-state index >= 15 is 0 Å². The van der Waals surface area contributed by atoms with Gasteiger partial charge in [-0.3, -0.25) is 9.89 Å². The highest BCUT2D eigenvalue weighted by atomic mass is 35.5. The average Bonchev–Trinajstić information content (AvgIpc) is 2.86. The lowest BCUT2D eigenvalue weighted by Gasteiger charge is -2.12. The lowest BCUT2D eigenvalue weighted by atomic mass is 10.1. The number of thioether (sulfide) groups is 1. The van der Waals surface area contributed by atoms with Crippen molar-refractivity contribution < 1.29 is 9.90 Å². The molecule has 20 heavy (non-hydrogen) atoms. The van der Waals surface area contributed by atoms with E-state index in [9.17, 15) is 4.79 Å². The normalized spacial score (nSPS) is 13.4. The quantitative estimate of drug-likeness (QED) is 0.543. The molecule has 2 rings (SSSR count). The number of aromatic amines is 1. The summed E-state index contributed by atoms with van der Waals surface area (Å²) >= 11 is 1.73. The van der Waals surface area contributed by atoms with Crippen LogP contribution in [0.5, 0.6) is 0 Å². The highest BCUT2D eigenvalue weighted by Gasteiger charge is 2.20. The van der Waals surface area contributed by atoms with E-state index in [4.69, 9.17) is 5.11 Å². The minimum absolute atomic E-state index is 0. The number of amides is 1. The predicted octanol–water partition coefficient (Wildman–Crippen LogP) is 0.323. The number of nitrogens with one attached hydrogen (secondary N) is 3. The van der Waals surface area contributed by atoms with Crippen LogP contribution in [0.15, 0.2) is 0 Å². The molecule has 1 aromatic heterocycles. The van der Waals surface area contributed by atoms with Crippen molar-refractivity contribution in [1.82, 2.24) is 20.8 Å². The first kappa shape index (κ1) is 17.3. The van der Waals surface area contributed by atoms with Crippen LogP contribution in [-0.4, -0.2) is 52.4 Å². The molecule has 1 aliphatic rings. The first-order chi connectivity index (χ1) is 9.33.